The molecule has 0 saturated carbocycles. The lowest BCUT2D eigenvalue weighted by Crippen LogP contribution is -2.30. The van der Waals surface area contributed by atoms with Crippen LogP contribution in [0.1, 0.15) is 149 Å². The highest BCUT2D eigenvalue weighted by atomic mass is 16.6. The molecule has 242 valence electrons. The third-order valence-electron chi connectivity index (χ3n) is 7.02. The molecule has 42 heavy (non-hydrogen) atoms. The van der Waals surface area contributed by atoms with Gasteiger partial charge < -0.3 is 19.9 Å². The van der Waals surface area contributed by atoms with Crippen molar-refractivity contribution in [2.75, 3.05) is 13.2 Å². The second-order valence-electron chi connectivity index (χ2n) is 11.0. The molecule has 7 heteroatoms. The zero-order chi connectivity index (χ0) is 30.9. The van der Waals surface area contributed by atoms with Crippen molar-refractivity contribution in [3.63, 3.8) is 0 Å². The van der Waals surface area contributed by atoms with Crippen LogP contribution >= 0.6 is 0 Å². The molecule has 0 amide bonds. The van der Waals surface area contributed by atoms with Gasteiger partial charge in [-0.25, -0.2) is 0 Å². The van der Waals surface area contributed by atoms with Crippen LogP contribution in [0, 0.1) is 0 Å². The first-order valence-electron chi connectivity index (χ1n) is 16.6. The maximum Gasteiger partial charge on any atom is 0.306 e. The lowest BCUT2D eigenvalue weighted by molar-refractivity contribution is -0.167. The van der Waals surface area contributed by atoms with Gasteiger partial charge in [0.2, 0.25) is 0 Å². The summed E-state index contributed by atoms with van der Waals surface area (Å²) in [7, 11) is 0. The number of esters is 3. The molecule has 0 aliphatic heterocycles. The van der Waals surface area contributed by atoms with Crippen molar-refractivity contribution in [3.05, 3.63) is 36.6 Å². The van der Waals surface area contributed by atoms with Crippen molar-refractivity contribution in [1.29, 1.82) is 0 Å². The normalized spacial score (nSPS) is 12.3. The lowest BCUT2D eigenvalue weighted by atomic mass is 10.1. The van der Waals surface area contributed by atoms with Crippen LogP contribution in [0.4, 0.5) is 0 Å². The number of rotatable bonds is 29. The number of nitrogens with two attached hydrogens (primary N) is 1. The fourth-order valence-corrected chi connectivity index (χ4v) is 4.49. The van der Waals surface area contributed by atoms with E-state index in [1.807, 2.05) is 19.9 Å². The van der Waals surface area contributed by atoms with E-state index in [4.69, 9.17) is 19.9 Å². The van der Waals surface area contributed by atoms with Gasteiger partial charge >= 0.3 is 17.9 Å². The summed E-state index contributed by atoms with van der Waals surface area (Å²) >= 11 is 0. The molecule has 0 saturated heterocycles. The van der Waals surface area contributed by atoms with Crippen LogP contribution in [0.25, 0.3) is 0 Å². The molecule has 0 aliphatic rings. The molecule has 0 aromatic carbocycles. The zero-order valence-corrected chi connectivity index (χ0v) is 26.8. The number of hydrogen-bond donors (Lipinski definition) is 1. The van der Waals surface area contributed by atoms with E-state index in [0.29, 0.717) is 19.3 Å². The third-order valence-corrected chi connectivity index (χ3v) is 7.02. The minimum Gasteiger partial charge on any atom is -0.462 e. The Hall–Kier alpha value is -2.57. The molecule has 0 spiro atoms. The molecular weight excluding hydrogens is 530 g/mol. The minimum absolute atomic E-state index is 0.0952. The fraction of sp³-hybridized carbons (Fsp3) is 0.743. The maximum absolute atomic E-state index is 12.5. The van der Waals surface area contributed by atoms with E-state index in [2.05, 4.69) is 24.3 Å². The number of carbonyl (C=O) groups is 3. The standard InChI is InChI=1S/C35H61NO6/c1-3-5-7-9-11-14-18-22-26-33(37)40-30-32(42-35(39)28-24-20-16-13-17-21-25-29-36)31-41-34(38)27-23-19-15-12-10-8-6-4-2/h3-6,25,29,32H,7-24,26-28,30-31,36H2,1-2H3/b5-3-,6-4+,29-25+. The quantitative estimate of drug-likeness (QED) is 0.0401. The second kappa shape index (κ2) is 31.4. The van der Waals surface area contributed by atoms with E-state index in [-0.39, 0.29) is 31.1 Å². The SMILES string of the molecule is C/C=C\CCCCCCCC(=O)OCC(COC(=O)CCCCCCC/C=C/C)OC(=O)CCCCCCC/C=C/N. The summed E-state index contributed by atoms with van der Waals surface area (Å²) in [6.07, 6.45) is 30.7. The van der Waals surface area contributed by atoms with E-state index >= 15 is 0 Å². The third kappa shape index (κ3) is 28.9. The Balaban J connectivity index is 4.40. The lowest BCUT2D eigenvalue weighted by Gasteiger charge is -2.18. The molecule has 0 heterocycles. The molecule has 0 aliphatic carbocycles. The average molecular weight is 592 g/mol. The van der Waals surface area contributed by atoms with Crippen molar-refractivity contribution in [1.82, 2.24) is 0 Å². The summed E-state index contributed by atoms with van der Waals surface area (Å²) in [5.41, 5.74) is 5.35. The Morgan fingerprint density at radius 1 is 0.524 bits per heavy atom. The van der Waals surface area contributed by atoms with E-state index in [1.54, 1.807) is 6.20 Å². The van der Waals surface area contributed by atoms with Crippen molar-refractivity contribution >= 4 is 17.9 Å². The number of unbranched alkanes of at least 4 members (excludes halogenated alkanes) is 15. The maximum atomic E-state index is 12.5. The van der Waals surface area contributed by atoms with Crippen molar-refractivity contribution in [3.8, 4) is 0 Å². The summed E-state index contributed by atoms with van der Waals surface area (Å²) in [4.78, 5) is 37.0. The van der Waals surface area contributed by atoms with E-state index in [9.17, 15) is 14.4 Å². The van der Waals surface area contributed by atoms with Crippen molar-refractivity contribution in [2.24, 2.45) is 5.73 Å². The summed E-state index contributed by atoms with van der Waals surface area (Å²) in [6.45, 7) is 3.87. The highest BCUT2D eigenvalue weighted by Gasteiger charge is 2.19. The van der Waals surface area contributed by atoms with Gasteiger partial charge in [0.1, 0.15) is 13.2 Å². The first kappa shape index (κ1) is 39.4. The molecule has 1 unspecified atom stereocenters. The predicted octanol–water partition coefficient (Wildman–Crippen LogP) is 8.80. The summed E-state index contributed by atoms with van der Waals surface area (Å²) < 4.78 is 16.4. The Morgan fingerprint density at radius 3 is 1.29 bits per heavy atom. The fourth-order valence-electron chi connectivity index (χ4n) is 4.49. The molecule has 0 fully saturated rings. The van der Waals surface area contributed by atoms with Gasteiger partial charge in [0.25, 0.3) is 0 Å². The molecule has 7 nitrogen and oxygen atoms in total. The van der Waals surface area contributed by atoms with E-state index in [1.165, 1.54) is 12.8 Å². The van der Waals surface area contributed by atoms with E-state index < -0.39 is 6.10 Å². The van der Waals surface area contributed by atoms with Crippen LogP contribution in [0.15, 0.2) is 36.6 Å². The van der Waals surface area contributed by atoms with Crippen LogP contribution in [0.3, 0.4) is 0 Å². The molecule has 0 rings (SSSR count). The number of hydrogen-bond acceptors (Lipinski definition) is 7. The number of allylic oxidation sites excluding steroid dienone is 5. The predicted molar refractivity (Wildman–Crippen MR) is 172 cm³/mol. The Morgan fingerprint density at radius 2 is 0.881 bits per heavy atom. The molecular formula is C35H61NO6. The van der Waals surface area contributed by atoms with E-state index in [0.717, 1.165) is 103 Å². The van der Waals surface area contributed by atoms with Gasteiger partial charge in [-0.1, -0.05) is 88.2 Å². The van der Waals surface area contributed by atoms with Crippen LogP contribution in [0.5, 0.6) is 0 Å². The highest BCUT2D eigenvalue weighted by molar-refractivity contribution is 5.71. The highest BCUT2D eigenvalue weighted by Crippen LogP contribution is 2.12. The van der Waals surface area contributed by atoms with Gasteiger partial charge in [-0.2, -0.15) is 0 Å². The number of ether oxygens (including phenoxy) is 3. The van der Waals surface area contributed by atoms with Gasteiger partial charge in [0.15, 0.2) is 6.10 Å². The van der Waals surface area contributed by atoms with Gasteiger partial charge in [-0.05, 0) is 77.8 Å². The van der Waals surface area contributed by atoms with Crippen LogP contribution in [0.2, 0.25) is 0 Å². The molecule has 0 aromatic heterocycles. The van der Waals surface area contributed by atoms with Gasteiger partial charge in [-0.15, -0.1) is 0 Å². The van der Waals surface area contributed by atoms with Crippen molar-refractivity contribution < 1.29 is 28.6 Å². The Labute approximate surface area is 256 Å². The summed E-state index contributed by atoms with van der Waals surface area (Å²) in [5.74, 6) is -0.973. The van der Waals surface area contributed by atoms with Crippen LogP contribution in [-0.4, -0.2) is 37.2 Å². The van der Waals surface area contributed by atoms with Crippen molar-refractivity contribution in [2.45, 2.75) is 155 Å². The molecule has 2 N–H and O–H groups in total. The minimum atomic E-state index is -0.785. The monoisotopic (exact) mass is 591 g/mol. The summed E-state index contributed by atoms with van der Waals surface area (Å²) in [5, 5.41) is 0. The number of carbonyl (C=O) groups excluding carboxylic acids is 3. The average Bonchev–Trinajstić information content (AvgIpc) is 2.98. The zero-order valence-electron chi connectivity index (χ0n) is 26.8. The Bertz CT molecular complexity index is 704. The second-order valence-corrected chi connectivity index (χ2v) is 11.0. The first-order chi connectivity index (χ1) is 20.5. The van der Waals surface area contributed by atoms with Crippen LogP contribution < -0.4 is 5.73 Å². The largest absolute Gasteiger partial charge is 0.462 e. The van der Waals surface area contributed by atoms with Crippen LogP contribution in [-0.2, 0) is 28.6 Å². The topological polar surface area (TPSA) is 105 Å². The smallest absolute Gasteiger partial charge is 0.306 e. The summed E-state index contributed by atoms with van der Waals surface area (Å²) in [6, 6.07) is 0. The van der Waals surface area contributed by atoms with Gasteiger partial charge in [0.05, 0.1) is 0 Å². The molecule has 0 bridgehead atoms. The molecule has 0 radical (unpaired) electrons. The van der Waals surface area contributed by atoms with Gasteiger partial charge in [-0.3, -0.25) is 14.4 Å². The molecule has 1 atom stereocenters. The molecule has 0 aromatic rings. The first-order valence-corrected chi connectivity index (χ1v) is 16.6. The Kier molecular flexibility index (Phi) is 29.4. The van der Waals surface area contributed by atoms with Gasteiger partial charge in [0, 0.05) is 19.3 Å².